The maximum absolute atomic E-state index is 12.6. The molecular formula is C21H23N3O5. The molecule has 1 aromatic heterocycles. The minimum atomic E-state index is -0.687. The lowest BCUT2D eigenvalue weighted by Gasteiger charge is -2.20. The number of likely N-dealkylation sites (N-methyl/N-ethyl adjacent to an activating group) is 1. The number of methoxy groups -OCH3 is 2. The third kappa shape index (κ3) is 5.04. The van der Waals surface area contributed by atoms with Gasteiger partial charge in [-0.25, -0.2) is 0 Å². The van der Waals surface area contributed by atoms with Crippen LogP contribution < -0.4 is 14.2 Å². The Bertz CT molecular complexity index is 972. The number of rotatable bonds is 8. The standard InChI is InChI=1S/C21H23N3O5/c1-14(28-18-10-6-9-17(12-18)27-4)21(25)24(2)13-19-22-20(23-29-19)15-7-5-8-16(11-15)26-3/h5-12,14H,13H2,1-4H3/t14-/m1/s1. The molecule has 8 nitrogen and oxygen atoms in total. The first-order valence-electron chi connectivity index (χ1n) is 9.03. The van der Waals surface area contributed by atoms with Crippen LogP contribution in [0.25, 0.3) is 11.4 Å². The van der Waals surface area contributed by atoms with Crippen LogP contribution in [0.2, 0.25) is 0 Å². The highest BCUT2D eigenvalue weighted by Crippen LogP contribution is 2.22. The predicted octanol–water partition coefficient (Wildman–Crippen LogP) is 3.18. The summed E-state index contributed by atoms with van der Waals surface area (Å²) in [6.07, 6.45) is -0.687. The van der Waals surface area contributed by atoms with Gasteiger partial charge < -0.3 is 23.6 Å². The average Bonchev–Trinajstić information content (AvgIpc) is 3.21. The molecule has 0 N–H and O–H groups in total. The first-order valence-corrected chi connectivity index (χ1v) is 9.03. The van der Waals surface area contributed by atoms with Crippen LogP contribution in [0.3, 0.4) is 0 Å². The summed E-state index contributed by atoms with van der Waals surface area (Å²) >= 11 is 0. The van der Waals surface area contributed by atoms with E-state index in [0.29, 0.717) is 29.0 Å². The molecule has 1 amide bonds. The predicted molar refractivity (Wildman–Crippen MR) is 106 cm³/mol. The van der Waals surface area contributed by atoms with Crippen LogP contribution in [0.1, 0.15) is 12.8 Å². The van der Waals surface area contributed by atoms with E-state index >= 15 is 0 Å². The number of carbonyl (C=O) groups is 1. The Kier molecular flexibility index (Phi) is 6.33. The van der Waals surface area contributed by atoms with Crippen molar-refractivity contribution in [1.82, 2.24) is 15.0 Å². The van der Waals surface area contributed by atoms with Crippen LogP contribution >= 0.6 is 0 Å². The summed E-state index contributed by atoms with van der Waals surface area (Å²) in [6, 6.07) is 14.4. The molecule has 8 heteroatoms. The van der Waals surface area contributed by atoms with Crippen molar-refractivity contribution in [3.8, 4) is 28.6 Å². The molecule has 0 unspecified atom stereocenters. The van der Waals surface area contributed by atoms with Crippen molar-refractivity contribution >= 4 is 5.91 Å². The Morgan fingerprint density at radius 2 is 1.72 bits per heavy atom. The van der Waals surface area contributed by atoms with Gasteiger partial charge in [0.05, 0.1) is 20.8 Å². The van der Waals surface area contributed by atoms with E-state index in [9.17, 15) is 4.79 Å². The fraction of sp³-hybridized carbons (Fsp3) is 0.286. The number of carbonyl (C=O) groups excluding carboxylic acids is 1. The molecule has 0 spiro atoms. The van der Waals surface area contributed by atoms with E-state index in [4.69, 9.17) is 18.7 Å². The summed E-state index contributed by atoms with van der Waals surface area (Å²) in [7, 11) is 4.82. The van der Waals surface area contributed by atoms with Gasteiger partial charge in [-0.05, 0) is 31.2 Å². The highest BCUT2D eigenvalue weighted by atomic mass is 16.5. The lowest BCUT2D eigenvalue weighted by Crippen LogP contribution is -2.37. The Morgan fingerprint density at radius 3 is 2.45 bits per heavy atom. The molecule has 1 atom stereocenters. The fourth-order valence-electron chi connectivity index (χ4n) is 2.72. The van der Waals surface area contributed by atoms with Crippen LogP contribution in [0, 0.1) is 0 Å². The SMILES string of the molecule is COc1cccc(O[C@H](C)C(=O)N(C)Cc2nc(-c3cccc(OC)c3)no2)c1. The number of nitrogens with zero attached hydrogens (tertiary/aromatic N) is 3. The van der Waals surface area contributed by atoms with E-state index in [1.165, 1.54) is 4.90 Å². The quantitative estimate of drug-likeness (QED) is 0.577. The second kappa shape index (κ2) is 9.09. The molecule has 0 saturated heterocycles. The molecule has 3 aromatic rings. The average molecular weight is 397 g/mol. The molecule has 0 aliphatic rings. The third-order valence-corrected chi connectivity index (χ3v) is 4.25. The largest absolute Gasteiger partial charge is 0.497 e. The van der Waals surface area contributed by atoms with Gasteiger partial charge in [-0.15, -0.1) is 0 Å². The summed E-state index contributed by atoms with van der Waals surface area (Å²) in [6.45, 7) is 1.86. The van der Waals surface area contributed by atoms with Crippen LogP contribution in [0.5, 0.6) is 17.2 Å². The molecule has 0 radical (unpaired) electrons. The zero-order chi connectivity index (χ0) is 20.8. The topological polar surface area (TPSA) is 86.9 Å². The normalized spacial score (nSPS) is 11.6. The maximum atomic E-state index is 12.6. The number of ether oxygens (including phenoxy) is 3. The summed E-state index contributed by atoms with van der Waals surface area (Å²) in [4.78, 5) is 18.5. The van der Waals surface area contributed by atoms with Gasteiger partial charge in [0.25, 0.3) is 5.91 Å². The van der Waals surface area contributed by atoms with Crippen LogP contribution in [-0.2, 0) is 11.3 Å². The smallest absolute Gasteiger partial charge is 0.263 e. The van der Waals surface area contributed by atoms with Gasteiger partial charge in [-0.2, -0.15) is 4.98 Å². The minimum absolute atomic E-state index is 0.168. The molecule has 1 heterocycles. The van der Waals surface area contributed by atoms with Gasteiger partial charge in [0.1, 0.15) is 17.2 Å². The van der Waals surface area contributed by atoms with Gasteiger partial charge in [0, 0.05) is 18.7 Å². The molecule has 2 aromatic carbocycles. The Morgan fingerprint density at radius 1 is 1.07 bits per heavy atom. The van der Waals surface area contributed by atoms with E-state index in [2.05, 4.69) is 10.1 Å². The van der Waals surface area contributed by atoms with E-state index in [1.807, 2.05) is 24.3 Å². The number of amides is 1. The second-order valence-corrected chi connectivity index (χ2v) is 6.38. The summed E-state index contributed by atoms with van der Waals surface area (Å²) in [5.74, 6) is 2.45. The van der Waals surface area contributed by atoms with Gasteiger partial charge in [-0.3, -0.25) is 4.79 Å². The summed E-state index contributed by atoms with van der Waals surface area (Å²) in [5, 5.41) is 3.98. The van der Waals surface area contributed by atoms with Crippen LogP contribution in [0.15, 0.2) is 53.1 Å². The molecule has 0 saturated carbocycles. The molecule has 29 heavy (non-hydrogen) atoms. The van der Waals surface area contributed by atoms with Gasteiger partial charge >= 0.3 is 0 Å². The van der Waals surface area contributed by atoms with Crippen molar-refractivity contribution in [1.29, 1.82) is 0 Å². The van der Waals surface area contributed by atoms with Crippen molar-refractivity contribution in [3.63, 3.8) is 0 Å². The number of benzene rings is 2. The van der Waals surface area contributed by atoms with E-state index in [-0.39, 0.29) is 12.5 Å². The lowest BCUT2D eigenvalue weighted by atomic mass is 10.2. The molecule has 0 fully saturated rings. The van der Waals surface area contributed by atoms with Gasteiger partial charge in [0.2, 0.25) is 11.7 Å². The van der Waals surface area contributed by atoms with Gasteiger partial charge in [-0.1, -0.05) is 23.4 Å². The van der Waals surface area contributed by atoms with Crippen molar-refractivity contribution in [3.05, 3.63) is 54.4 Å². The van der Waals surface area contributed by atoms with Crippen molar-refractivity contribution in [2.45, 2.75) is 19.6 Å². The monoisotopic (exact) mass is 397 g/mol. The highest BCUT2D eigenvalue weighted by molar-refractivity contribution is 5.80. The molecule has 0 bridgehead atoms. The minimum Gasteiger partial charge on any atom is -0.497 e. The molecule has 0 aliphatic carbocycles. The van der Waals surface area contributed by atoms with Gasteiger partial charge in [0.15, 0.2) is 6.10 Å². The lowest BCUT2D eigenvalue weighted by molar-refractivity contribution is -0.137. The first kappa shape index (κ1) is 20.2. The Hall–Kier alpha value is -3.55. The van der Waals surface area contributed by atoms with Crippen LogP contribution in [-0.4, -0.2) is 48.3 Å². The Labute approximate surface area is 169 Å². The number of hydrogen-bond donors (Lipinski definition) is 0. The number of aromatic nitrogens is 2. The molecular weight excluding hydrogens is 374 g/mol. The molecule has 152 valence electrons. The van der Waals surface area contributed by atoms with E-state index in [0.717, 1.165) is 5.56 Å². The zero-order valence-electron chi connectivity index (χ0n) is 16.8. The third-order valence-electron chi connectivity index (χ3n) is 4.25. The highest BCUT2D eigenvalue weighted by Gasteiger charge is 2.22. The van der Waals surface area contributed by atoms with E-state index in [1.54, 1.807) is 52.5 Å². The number of hydrogen-bond acceptors (Lipinski definition) is 7. The van der Waals surface area contributed by atoms with Crippen molar-refractivity contribution in [2.24, 2.45) is 0 Å². The first-order chi connectivity index (χ1) is 14.0. The second-order valence-electron chi connectivity index (χ2n) is 6.38. The molecule has 0 aliphatic heterocycles. The summed E-state index contributed by atoms with van der Waals surface area (Å²) in [5.41, 5.74) is 0.767. The zero-order valence-corrected chi connectivity index (χ0v) is 16.8. The summed E-state index contributed by atoms with van der Waals surface area (Å²) < 4.78 is 21.4. The molecule has 3 rings (SSSR count). The van der Waals surface area contributed by atoms with Crippen LogP contribution in [0.4, 0.5) is 0 Å². The fourth-order valence-corrected chi connectivity index (χ4v) is 2.72. The maximum Gasteiger partial charge on any atom is 0.263 e. The Balaban J connectivity index is 1.62. The van der Waals surface area contributed by atoms with Crippen molar-refractivity contribution in [2.75, 3.05) is 21.3 Å². The van der Waals surface area contributed by atoms with Crippen molar-refractivity contribution < 1.29 is 23.5 Å². The van der Waals surface area contributed by atoms with E-state index < -0.39 is 6.10 Å².